The van der Waals surface area contributed by atoms with Crippen LogP contribution in [0.4, 0.5) is 0 Å². The number of aliphatic hydroxyl groups is 1. The minimum Gasteiger partial charge on any atom is -0.385 e. The van der Waals surface area contributed by atoms with E-state index in [0.717, 1.165) is 31.2 Å². The number of hydrogen-bond donors (Lipinski definition) is 1. The quantitative estimate of drug-likeness (QED) is 0.639. The molecule has 1 aliphatic carbocycles. The van der Waals surface area contributed by atoms with Crippen molar-refractivity contribution in [2.75, 3.05) is 6.54 Å². The van der Waals surface area contributed by atoms with Crippen molar-refractivity contribution in [1.82, 2.24) is 19.3 Å². The van der Waals surface area contributed by atoms with Crippen molar-refractivity contribution >= 4 is 27.5 Å². The van der Waals surface area contributed by atoms with E-state index in [1.807, 2.05) is 41.4 Å². The Balaban J connectivity index is 1.51. The van der Waals surface area contributed by atoms with E-state index in [1.165, 1.54) is 0 Å². The second-order valence-electron chi connectivity index (χ2n) is 8.04. The van der Waals surface area contributed by atoms with E-state index in [1.54, 1.807) is 16.7 Å². The van der Waals surface area contributed by atoms with Gasteiger partial charge in [0.25, 0.3) is 5.91 Å². The van der Waals surface area contributed by atoms with Gasteiger partial charge in [-0.2, -0.15) is 0 Å². The van der Waals surface area contributed by atoms with Crippen molar-refractivity contribution < 1.29 is 9.90 Å². The third kappa shape index (κ3) is 2.99. The Morgan fingerprint density at radius 3 is 2.79 bits per heavy atom. The number of carbonyl (C=O) groups excluding carboxylic acids is 1. The van der Waals surface area contributed by atoms with Gasteiger partial charge in [0.15, 0.2) is 10.3 Å². The third-order valence-corrected chi connectivity index (χ3v) is 7.10. The maximum absolute atomic E-state index is 13.5. The molecule has 3 heterocycles. The molecular formula is C22H23BrN4O2. The molecule has 1 saturated heterocycles. The maximum atomic E-state index is 13.5. The summed E-state index contributed by atoms with van der Waals surface area (Å²) in [6, 6.07) is 11.7. The molecule has 1 aromatic carbocycles. The molecule has 150 valence electrons. The zero-order valence-electron chi connectivity index (χ0n) is 16.0. The lowest BCUT2D eigenvalue weighted by atomic mass is 9.66. The molecule has 1 aliphatic heterocycles. The Morgan fingerprint density at radius 2 is 1.97 bits per heavy atom. The summed E-state index contributed by atoms with van der Waals surface area (Å²) in [5.41, 5.74) is 0.705. The third-order valence-electron chi connectivity index (χ3n) is 6.57. The van der Waals surface area contributed by atoms with E-state index < -0.39 is 5.60 Å². The molecule has 3 aromatic rings. The highest BCUT2D eigenvalue weighted by atomic mass is 79.9. The number of likely N-dealkylation sites (tertiary alicyclic amines) is 1. The number of fused-ring (bicyclic) bond motifs is 2. The van der Waals surface area contributed by atoms with Crippen LogP contribution < -0.4 is 0 Å². The lowest BCUT2D eigenvalue weighted by molar-refractivity contribution is -0.110. The van der Waals surface area contributed by atoms with Gasteiger partial charge in [-0.05, 0) is 46.8 Å². The van der Waals surface area contributed by atoms with Crippen molar-refractivity contribution in [3.63, 3.8) is 0 Å². The van der Waals surface area contributed by atoms with Crippen LogP contribution in [0.15, 0.2) is 53.4 Å². The molecule has 2 aliphatic rings. The molecule has 7 heteroatoms. The van der Waals surface area contributed by atoms with Gasteiger partial charge in [0.1, 0.15) is 0 Å². The van der Waals surface area contributed by atoms with Gasteiger partial charge in [-0.15, -0.1) is 0 Å². The first-order valence-electron chi connectivity index (χ1n) is 10.2. The van der Waals surface area contributed by atoms with Crippen molar-refractivity contribution in [2.24, 2.45) is 5.92 Å². The lowest BCUT2D eigenvalue weighted by Crippen LogP contribution is -2.59. The number of benzene rings is 1. The fourth-order valence-electron chi connectivity index (χ4n) is 5.19. The minimum atomic E-state index is -0.889. The summed E-state index contributed by atoms with van der Waals surface area (Å²) in [7, 11) is 0. The number of rotatable bonds is 2. The van der Waals surface area contributed by atoms with Gasteiger partial charge < -0.3 is 10.0 Å². The number of halogens is 1. The summed E-state index contributed by atoms with van der Waals surface area (Å²) in [5.74, 6) is 0.310. The van der Waals surface area contributed by atoms with Gasteiger partial charge in [-0.25, -0.2) is 9.97 Å². The highest BCUT2D eigenvalue weighted by Crippen LogP contribution is 2.47. The highest BCUT2D eigenvalue weighted by molar-refractivity contribution is 9.10. The smallest absolute Gasteiger partial charge is 0.290 e. The number of piperidine rings is 1. The fourth-order valence-corrected chi connectivity index (χ4v) is 5.65. The average Bonchev–Trinajstić information content (AvgIpc) is 3.11. The van der Waals surface area contributed by atoms with Gasteiger partial charge in [0, 0.05) is 30.9 Å². The first-order chi connectivity index (χ1) is 14.1. The molecule has 1 N–H and O–H groups in total. The van der Waals surface area contributed by atoms with Crippen molar-refractivity contribution in [3.05, 3.63) is 64.8 Å². The Bertz CT molecular complexity index is 1050. The Kier molecular flexibility index (Phi) is 4.67. The van der Waals surface area contributed by atoms with E-state index in [4.69, 9.17) is 0 Å². The van der Waals surface area contributed by atoms with Gasteiger partial charge in [-0.1, -0.05) is 43.2 Å². The number of imidazole rings is 1. The van der Waals surface area contributed by atoms with Crippen molar-refractivity contribution in [2.45, 2.75) is 43.7 Å². The predicted molar refractivity (Wildman–Crippen MR) is 112 cm³/mol. The second kappa shape index (κ2) is 7.22. The minimum absolute atomic E-state index is 0.0120. The van der Waals surface area contributed by atoms with Crippen LogP contribution in [-0.2, 0) is 5.60 Å². The lowest BCUT2D eigenvalue weighted by Gasteiger charge is -2.52. The monoisotopic (exact) mass is 454 g/mol. The van der Waals surface area contributed by atoms with Crippen molar-refractivity contribution in [3.8, 4) is 0 Å². The summed E-state index contributed by atoms with van der Waals surface area (Å²) in [4.78, 5) is 24.3. The fraction of sp³-hybridized carbons (Fsp3) is 0.409. The summed E-state index contributed by atoms with van der Waals surface area (Å²) in [6.45, 7) is 0.512. The van der Waals surface area contributed by atoms with Crippen LogP contribution in [0.25, 0.3) is 5.65 Å². The molecule has 1 amide bonds. The molecule has 1 saturated carbocycles. The van der Waals surface area contributed by atoms with Crippen LogP contribution in [0, 0.1) is 5.92 Å². The van der Waals surface area contributed by atoms with Crippen molar-refractivity contribution in [1.29, 1.82) is 0 Å². The van der Waals surface area contributed by atoms with Crippen LogP contribution in [0.1, 0.15) is 48.3 Å². The molecular weight excluding hydrogens is 432 g/mol. The summed E-state index contributed by atoms with van der Waals surface area (Å²) >= 11 is 3.42. The van der Waals surface area contributed by atoms with Gasteiger partial charge in [0.2, 0.25) is 5.82 Å². The normalized spacial score (nSPS) is 27.0. The number of aromatic nitrogens is 3. The van der Waals surface area contributed by atoms with E-state index in [2.05, 4.69) is 25.9 Å². The second-order valence-corrected chi connectivity index (χ2v) is 8.79. The average molecular weight is 455 g/mol. The highest BCUT2D eigenvalue weighted by Gasteiger charge is 2.50. The first-order valence-corrected chi connectivity index (χ1v) is 11.0. The Hall–Kier alpha value is -2.25. The van der Waals surface area contributed by atoms with Crippen LogP contribution >= 0.6 is 15.9 Å². The van der Waals surface area contributed by atoms with E-state index in [-0.39, 0.29) is 17.9 Å². The molecule has 6 nitrogen and oxygen atoms in total. The van der Waals surface area contributed by atoms with Gasteiger partial charge >= 0.3 is 0 Å². The number of nitrogens with zero attached hydrogens (tertiary/aromatic N) is 4. The Labute approximate surface area is 177 Å². The van der Waals surface area contributed by atoms with Gasteiger partial charge in [-0.3, -0.25) is 9.20 Å². The SMILES string of the molecule is O=C(c1nc(Br)c2ncccn12)N1CC[C@](O)(c2ccccc2)[C@H]2CCCC[C@H]21. The van der Waals surface area contributed by atoms with E-state index in [9.17, 15) is 9.90 Å². The zero-order valence-corrected chi connectivity index (χ0v) is 17.6. The van der Waals surface area contributed by atoms with Crippen LogP contribution in [-0.4, -0.2) is 42.9 Å². The van der Waals surface area contributed by atoms with E-state index in [0.29, 0.717) is 29.0 Å². The summed E-state index contributed by atoms with van der Waals surface area (Å²) in [6.07, 6.45) is 8.03. The topological polar surface area (TPSA) is 70.7 Å². The zero-order chi connectivity index (χ0) is 20.0. The number of hydrogen-bond acceptors (Lipinski definition) is 4. The number of amides is 1. The molecule has 5 rings (SSSR count). The van der Waals surface area contributed by atoms with Gasteiger partial charge in [0.05, 0.1) is 5.60 Å². The molecule has 0 radical (unpaired) electrons. The van der Waals surface area contributed by atoms with Crippen LogP contribution in [0.3, 0.4) is 0 Å². The largest absolute Gasteiger partial charge is 0.385 e. The molecule has 29 heavy (non-hydrogen) atoms. The molecule has 2 aromatic heterocycles. The predicted octanol–water partition coefficient (Wildman–Crippen LogP) is 3.78. The number of carbonyl (C=O) groups is 1. The van der Waals surface area contributed by atoms with Crippen LogP contribution in [0.2, 0.25) is 0 Å². The summed E-state index contributed by atoms with van der Waals surface area (Å²) < 4.78 is 2.31. The Morgan fingerprint density at radius 1 is 1.17 bits per heavy atom. The maximum Gasteiger partial charge on any atom is 0.290 e. The molecule has 3 atom stereocenters. The molecule has 0 bridgehead atoms. The summed E-state index contributed by atoms with van der Waals surface area (Å²) in [5, 5.41) is 11.7. The molecule has 0 spiro atoms. The van der Waals surface area contributed by atoms with E-state index >= 15 is 0 Å². The molecule has 2 fully saturated rings. The molecule has 0 unspecified atom stereocenters. The standard InChI is InChI=1S/C22H23BrN4O2/c23-18-19-24-12-6-13-27(19)20(25-18)21(28)26-14-11-22(29,15-7-2-1-3-8-15)16-9-4-5-10-17(16)26/h1-3,6-8,12-13,16-17,29H,4-5,9-11,14H2/t16-,17+,22-/m0/s1. The first kappa shape index (κ1) is 18.8. The van der Waals surface area contributed by atoms with Crippen LogP contribution in [0.5, 0.6) is 0 Å².